The van der Waals surface area contributed by atoms with Crippen LogP contribution in [0.15, 0.2) is 12.1 Å². The smallest absolute Gasteiger partial charge is 0.230 e. The maximum atomic E-state index is 5.53. The molecular weight excluding hydrogens is 216 g/mol. The molecule has 1 nitrogen and oxygen atoms in total. The van der Waals surface area contributed by atoms with Gasteiger partial charge in [-0.1, -0.05) is 46.4 Å². The third kappa shape index (κ3) is 1.96. The van der Waals surface area contributed by atoms with Crippen molar-refractivity contribution in [2.24, 2.45) is 0 Å². The van der Waals surface area contributed by atoms with Crippen LogP contribution in [-0.4, -0.2) is 4.98 Å². The molecule has 1 aromatic heterocycles. The van der Waals surface area contributed by atoms with Crippen LogP contribution in [0, 0.1) is 0 Å². The summed E-state index contributed by atoms with van der Waals surface area (Å²) in [5, 5.41) is 0.460. The van der Waals surface area contributed by atoms with Crippen molar-refractivity contribution in [3.8, 4) is 0 Å². The number of hydrogen-bond donors (Lipinski definition) is 1. The first-order valence-electron chi connectivity index (χ1n) is 2.42. The molecule has 0 atom stereocenters. The predicted octanol–water partition coefficient (Wildman–Crippen LogP) is 3.49. The molecule has 0 aliphatic carbocycles. The van der Waals surface area contributed by atoms with Crippen LogP contribution in [0.5, 0.6) is 0 Å². The van der Waals surface area contributed by atoms with Crippen LogP contribution in [0.1, 0.15) is 5.69 Å². The lowest BCUT2D eigenvalue weighted by Gasteiger charge is -2.06. The van der Waals surface area contributed by atoms with E-state index in [9.17, 15) is 0 Å². The van der Waals surface area contributed by atoms with E-state index in [1.807, 2.05) is 0 Å². The topological polar surface area (TPSA) is 15.8 Å². The van der Waals surface area contributed by atoms with E-state index in [2.05, 4.69) is 4.98 Å². The molecule has 0 amide bonds. The highest BCUT2D eigenvalue weighted by Crippen LogP contribution is 2.37. The van der Waals surface area contributed by atoms with Crippen LogP contribution >= 0.6 is 46.4 Å². The zero-order valence-electron chi connectivity index (χ0n) is 4.67. The van der Waals surface area contributed by atoms with Gasteiger partial charge in [-0.2, -0.15) is 0 Å². The fourth-order valence-corrected chi connectivity index (χ4v) is 1.03. The SMILES string of the molecule is Clc1ccc(C(Cl)(Cl)Cl)[nH]1. The van der Waals surface area contributed by atoms with Crippen molar-refractivity contribution in [3.63, 3.8) is 0 Å². The van der Waals surface area contributed by atoms with Gasteiger partial charge in [-0.05, 0) is 12.1 Å². The van der Waals surface area contributed by atoms with Crippen LogP contribution < -0.4 is 0 Å². The highest BCUT2D eigenvalue weighted by molar-refractivity contribution is 6.66. The standard InChI is InChI=1S/C5H3Cl4N/c6-4-2-1-3(10-4)5(7,8)9/h1-2,10H. The number of rotatable bonds is 0. The summed E-state index contributed by atoms with van der Waals surface area (Å²) in [6, 6.07) is 3.24. The Morgan fingerprint density at radius 2 is 1.80 bits per heavy atom. The molecule has 1 aromatic rings. The Kier molecular flexibility index (Phi) is 2.41. The third-order valence-electron chi connectivity index (χ3n) is 0.956. The first-order chi connectivity index (χ1) is 4.50. The van der Waals surface area contributed by atoms with Crippen LogP contribution in [0.3, 0.4) is 0 Å². The molecule has 56 valence electrons. The quantitative estimate of drug-likeness (QED) is 0.642. The summed E-state index contributed by atoms with van der Waals surface area (Å²) >= 11 is 22.1. The number of aromatic nitrogens is 1. The summed E-state index contributed by atoms with van der Waals surface area (Å²) < 4.78 is -1.41. The number of halogens is 4. The van der Waals surface area contributed by atoms with E-state index in [0.717, 1.165) is 0 Å². The van der Waals surface area contributed by atoms with Crippen molar-refractivity contribution in [3.05, 3.63) is 23.0 Å². The van der Waals surface area contributed by atoms with E-state index in [0.29, 0.717) is 10.8 Å². The molecule has 0 aliphatic rings. The summed E-state index contributed by atoms with van der Waals surface area (Å²) in [7, 11) is 0. The normalized spacial score (nSPS) is 12.0. The molecular formula is C5H3Cl4N. The fraction of sp³-hybridized carbons (Fsp3) is 0.200. The molecule has 10 heavy (non-hydrogen) atoms. The zero-order chi connectivity index (χ0) is 7.78. The highest BCUT2D eigenvalue weighted by Gasteiger charge is 2.23. The maximum Gasteiger partial charge on any atom is 0.230 e. The number of hydrogen-bond acceptors (Lipinski definition) is 0. The third-order valence-corrected chi connectivity index (χ3v) is 1.79. The molecule has 5 heteroatoms. The van der Waals surface area contributed by atoms with Gasteiger partial charge in [0.1, 0.15) is 5.15 Å². The van der Waals surface area contributed by atoms with E-state index >= 15 is 0 Å². The average Bonchev–Trinajstić information content (AvgIpc) is 2.11. The van der Waals surface area contributed by atoms with Crippen molar-refractivity contribution >= 4 is 46.4 Å². The second kappa shape index (κ2) is 2.82. The van der Waals surface area contributed by atoms with E-state index in [1.165, 1.54) is 0 Å². The Labute approximate surface area is 78.2 Å². The fourth-order valence-electron chi connectivity index (χ4n) is 0.534. The van der Waals surface area contributed by atoms with Gasteiger partial charge in [-0.25, -0.2) is 0 Å². The lowest BCUT2D eigenvalue weighted by Crippen LogP contribution is -1.99. The minimum atomic E-state index is -1.41. The van der Waals surface area contributed by atoms with E-state index in [1.54, 1.807) is 12.1 Å². The lowest BCUT2D eigenvalue weighted by molar-refractivity contribution is 1.13. The molecule has 0 aromatic carbocycles. The minimum absolute atomic E-state index is 0.460. The van der Waals surface area contributed by atoms with Crippen molar-refractivity contribution < 1.29 is 0 Å². The van der Waals surface area contributed by atoms with Crippen LogP contribution in [0.25, 0.3) is 0 Å². The first kappa shape index (κ1) is 8.54. The van der Waals surface area contributed by atoms with Gasteiger partial charge in [0.25, 0.3) is 0 Å². The molecule has 0 spiro atoms. The second-order valence-corrected chi connectivity index (χ2v) is 4.41. The van der Waals surface area contributed by atoms with E-state index in [4.69, 9.17) is 46.4 Å². The van der Waals surface area contributed by atoms with Gasteiger partial charge < -0.3 is 4.98 Å². The average molecular weight is 219 g/mol. The van der Waals surface area contributed by atoms with Crippen molar-refractivity contribution in [2.45, 2.75) is 3.79 Å². The highest BCUT2D eigenvalue weighted by atomic mass is 35.6. The van der Waals surface area contributed by atoms with E-state index in [-0.39, 0.29) is 0 Å². The lowest BCUT2D eigenvalue weighted by atomic mass is 10.5. The summed E-state index contributed by atoms with van der Waals surface area (Å²) in [6.07, 6.45) is 0. The molecule has 1 N–H and O–H groups in total. The number of H-pyrrole nitrogens is 1. The predicted molar refractivity (Wildman–Crippen MR) is 45.0 cm³/mol. The number of aromatic amines is 1. The molecule has 1 rings (SSSR count). The molecule has 0 fully saturated rings. The summed E-state index contributed by atoms with van der Waals surface area (Å²) in [5.74, 6) is 0. The van der Waals surface area contributed by atoms with Gasteiger partial charge in [0.2, 0.25) is 3.79 Å². The molecule has 1 heterocycles. The van der Waals surface area contributed by atoms with E-state index < -0.39 is 3.79 Å². The van der Waals surface area contributed by atoms with Crippen molar-refractivity contribution in [1.82, 2.24) is 4.98 Å². The van der Waals surface area contributed by atoms with Gasteiger partial charge in [-0.15, -0.1) is 0 Å². The number of nitrogens with one attached hydrogen (secondary N) is 1. The molecule has 0 bridgehead atoms. The van der Waals surface area contributed by atoms with Crippen LogP contribution in [-0.2, 0) is 3.79 Å². The Morgan fingerprint density at radius 3 is 2.00 bits per heavy atom. The molecule has 0 saturated carbocycles. The van der Waals surface area contributed by atoms with Crippen molar-refractivity contribution in [1.29, 1.82) is 0 Å². The van der Waals surface area contributed by atoms with Gasteiger partial charge in [-0.3, -0.25) is 0 Å². The Hall–Kier alpha value is 0.440. The van der Waals surface area contributed by atoms with Crippen LogP contribution in [0.2, 0.25) is 5.15 Å². The zero-order valence-corrected chi connectivity index (χ0v) is 7.69. The molecule has 0 aliphatic heterocycles. The molecule has 0 unspecified atom stereocenters. The maximum absolute atomic E-state index is 5.53. The largest absolute Gasteiger partial charge is 0.346 e. The Balaban J connectivity index is 2.96. The molecule has 0 radical (unpaired) electrons. The number of alkyl halides is 3. The van der Waals surface area contributed by atoms with Gasteiger partial charge >= 0.3 is 0 Å². The second-order valence-electron chi connectivity index (χ2n) is 1.72. The molecule has 0 saturated heterocycles. The Morgan fingerprint density at radius 1 is 1.20 bits per heavy atom. The monoisotopic (exact) mass is 217 g/mol. The summed E-state index contributed by atoms with van der Waals surface area (Å²) in [5.41, 5.74) is 0.475. The summed E-state index contributed by atoms with van der Waals surface area (Å²) in [4.78, 5) is 2.69. The van der Waals surface area contributed by atoms with Gasteiger partial charge in [0.15, 0.2) is 0 Å². The summed E-state index contributed by atoms with van der Waals surface area (Å²) in [6.45, 7) is 0. The van der Waals surface area contributed by atoms with Gasteiger partial charge in [0, 0.05) is 0 Å². The van der Waals surface area contributed by atoms with Crippen LogP contribution in [0.4, 0.5) is 0 Å². The Bertz CT molecular complexity index is 224. The minimum Gasteiger partial charge on any atom is -0.346 e. The van der Waals surface area contributed by atoms with Gasteiger partial charge in [0.05, 0.1) is 5.69 Å². The first-order valence-corrected chi connectivity index (χ1v) is 3.93. The van der Waals surface area contributed by atoms with Crippen molar-refractivity contribution in [2.75, 3.05) is 0 Å².